The van der Waals surface area contributed by atoms with Crippen LogP contribution in [0.15, 0.2) is 24.3 Å². The van der Waals surface area contributed by atoms with Gasteiger partial charge in [0.15, 0.2) is 0 Å². The van der Waals surface area contributed by atoms with E-state index >= 15 is 0 Å². The Balaban J connectivity index is 2.71. The molecule has 0 atom stereocenters. The molecule has 0 radical (unpaired) electrons. The van der Waals surface area contributed by atoms with Crippen molar-refractivity contribution in [2.45, 2.75) is 58.8 Å². The van der Waals surface area contributed by atoms with E-state index < -0.39 is 18.3 Å². The summed E-state index contributed by atoms with van der Waals surface area (Å²) in [4.78, 5) is 11.6. The molecule has 4 N–H and O–H groups in total. The highest BCUT2D eigenvalue weighted by atomic mass is 16.5. The molecule has 0 saturated heterocycles. The summed E-state index contributed by atoms with van der Waals surface area (Å²) in [6.07, 6.45) is 0. The van der Waals surface area contributed by atoms with Gasteiger partial charge in [-0.05, 0) is 59.1 Å². The Morgan fingerprint density at radius 3 is 2.13 bits per heavy atom. The normalized spacial score (nSPS) is 12.2. The van der Waals surface area contributed by atoms with Gasteiger partial charge in [0.25, 0.3) is 0 Å². The molecule has 7 heteroatoms. The number of hydrogen-bond donors (Lipinski definition) is 4. The van der Waals surface area contributed by atoms with E-state index in [0.29, 0.717) is 11.2 Å². The molecule has 1 aromatic rings. The highest BCUT2D eigenvalue weighted by Gasteiger charge is 2.39. The fraction of sp³-hybridized carbons (Fsp3) is 0.562. The number of nitrogens with one attached hydrogen (secondary N) is 2. The minimum Gasteiger partial charge on any atom is -0.423 e. The van der Waals surface area contributed by atoms with Gasteiger partial charge in [-0.25, -0.2) is 4.79 Å². The Kier molecular flexibility index (Phi) is 6.21. The third-order valence-electron chi connectivity index (χ3n) is 3.75. The molecule has 1 rings (SSSR count). The van der Waals surface area contributed by atoms with Gasteiger partial charge in [-0.15, -0.1) is 0 Å². The summed E-state index contributed by atoms with van der Waals surface area (Å²) in [7, 11) is -1.17. The molecule has 0 fully saturated rings. The Morgan fingerprint density at radius 2 is 1.70 bits per heavy atom. The van der Waals surface area contributed by atoms with Crippen molar-refractivity contribution in [3.8, 4) is 0 Å². The average Bonchev–Trinajstić information content (AvgIpc) is 2.36. The Bertz CT molecular complexity index is 524. The minimum atomic E-state index is -1.17. The van der Waals surface area contributed by atoms with E-state index in [2.05, 4.69) is 10.6 Å². The molecule has 2 amide bonds. The number of carbonyl (C=O) groups is 1. The third kappa shape index (κ3) is 5.86. The maximum atomic E-state index is 11.6. The van der Waals surface area contributed by atoms with Gasteiger partial charge in [0.05, 0.1) is 11.2 Å². The fourth-order valence-corrected chi connectivity index (χ4v) is 1.65. The average molecular weight is 322 g/mol. The molecule has 6 nitrogen and oxygen atoms in total. The summed E-state index contributed by atoms with van der Waals surface area (Å²) in [5, 5.41) is 25.7. The zero-order chi connectivity index (χ0) is 17.8. The maximum absolute atomic E-state index is 11.6. The number of rotatable bonds is 6. The van der Waals surface area contributed by atoms with Crippen LogP contribution in [0.4, 0.5) is 10.5 Å². The second-order valence-electron chi connectivity index (χ2n) is 6.91. The molecule has 0 heterocycles. The molecule has 0 aliphatic carbocycles. The van der Waals surface area contributed by atoms with Gasteiger partial charge in [-0.1, -0.05) is 12.1 Å². The van der Waals surface area contributed by atoms with E-state index in [1.54, 1.807) is 52.0 Å². The lowest BCUT2D eigenvalue weighted by Gasteiger charge is -2.38. The van der Waals surface area contributed by atoms with Crippen LogP contribution in [0.2, 0.25) is 0 Å². The summed E-state index contributed by atoms with van der Waals surface area (Å²) in [6, 6.07) is 6.45. The second-order valence-corrected chi connectivity index (χ2v) is 6.91. The lowest BCUT2D eigenvalue weighted by molar-refractivity contribution is -0.0982. The van der Waals surface area contributed by atoms with E-state index in [0.717, 1.165) is 0 Å². The summed E-state index contributed by atoms with van der Waals surface area (Å²) in [5.41, 5.74) is -0.886. The lowest BCUT2D eigenvalue weighted by Crippen LogP contribution is -2.53. The van der Waals surface area contributed by atoms with Gasteiger partial charge in [0.1, 0.15) is 0 Å². The topological polar surface area (TPSA) is 90.8 Å². The maximum Gasteiger partial charge on any atom is 0.491 e. The molecule has 0 unspecified atom stereocenters. The number of hydrogen-bond acceptors (Lipinski definition) is 4. The summed E-state index contributed by atoms with van der Waals surface area (Å²) < 4.78 is 5.57. The number of urea groups is 1. The summed E-state index contributed by atoms with van der Waals surface area (Å²) >= 11 is 0. The number of anilines is 1. The molecular formula is C16H27BN2O4. The van der Waals surface area contributed by atoms with Crippen molar-refractivity contribution in [2.24, 2.45) is 0 Å². The van der Waals surface area contributed by atoms with Crippen molar-refractivity contribution in [1.82, 2.24) is 5.32 Å². The minimum absolute atomic E-state index is 0.0496. The first-order chi connectivity index (χ1) is 10.4. The number of carbonyl (C=O) groups excluding carboxylic acids is 1. The van der Waals surface area contributed by atoms with E-state index in [1.807, 2.05) is 13.8 Å². The van der Waals surface area contributed by atoms with Gasteiger partial charge in [0.2, 0.25) is 0 Å². The van der Waals surface area contributed by atoms with Crippen LogP contribution in [0.1, 0.15) is 41.5 Å². The smallest absolute Gasteiger partial charge is 0.423 e. The van der Waals surface area contributed by atoms with E-state index in [-0.39, 0.29) is 12.1 Å². The molecule has 0 bridgehead atoms. The Hall–Kier alpha value is -1.57. The predicted octanol–water partition coefficient (Wildman–Crippen LogP) is 1.47. The molecule has 1 aromatic carbocycles. The molecule has 23 heavy (non-hydrogen) atoms. The summed E-state index contributed by atoms with van der Waals surface area (Å²) in [5.74, 6) is 0. The van der Waals surface area contributed by atoms with E-state index in [4.69, 9.17) is 4.65 Å². The van der Waals surface area contributed by atoms with Crippen molar-refractivity contribution >= 4 is 24.3 Å². The van der Waals surface area contributed by atoms with Gasteiger partial charge < -0.3 is 25.4 Å². The van der Waals surface area contributed by atoms with Crippen LogP contribution >= 0.6 is 0 Å². The molecule has 0 aromatic heterocycles. The van der Waals surface area contributed by atoms with Gasteiger partial charge in [-0.2, -0.15) is 0 Å². The monoisotopic (exact) mass is 322 g/mol. The highest BCUT2D eigenvalue weighted by molar-refractivity contribution is 6.60. The molecule has 128 valence electrons. The number of amides is 2. The first kappa shape index (κ1) is 19.5. The first-order valence-electron chi connectivity index (χ1n) is 7.68. The second kappa shape index (κ2) is 7.34. The van der Waals surface area contributed by atoms with Crippen LogP contribution in [-0.2, 0) is 4.65 Å². The largest absolute Gasteiger partial charge is 0.491 e. The molecule has 0 spiro atoms. The standard InChI is InChI=1S/C16H27BN2O4/c1-11(2)18-14(20)19-13-9-7-12(8-10-13)17(22)23-16(5,6)15(3,4)21/h7-11,21-22H,1-6H3,(H2,18,19,20). The van der Waals surface area contributed by atoms with Crippen LogP contribution in [0, 0.1) is 0 Å². The van der Waals surface area contributed by atoms with Crippen LogP contribution in [-0.4, -0.2) is 40.5 Å². The zero-order valence-corrected chi connectivity index (χ0v) is 14.7. The number of benzene rings is 1. The molecule has 0 saturated carbocycles. The fourth-order valence-electron chi connectivity index (χ4n) is 1.65. The SMILES string of the molecule is CC(C)NC(=O)Nc1ccc(B(O)OC(C)(C)C(C)(C)O)cc1. The van der Waals surface area contributed by atoms with Gasteiger partial charge in [0, 0.05) is 11.7 Å². The zero-order valence-electron chi connectivity index (χ0n) is 14.7. The van der Waals surface area contributed by atoms with Crippen LogP contribution in [0.25, 0.3) is 0 Å². The van der Waals surface area contributed by atoms with Crippen molar-refractivity contribution in [3.63, 3.8) is 0 Å². The van der Waals surface area contributed by atoms with Crippen LogP contribution in [0.3, 0.4) is 0 Å². The lowest BCUT2D eigenvalue weighted by atomic mass is 9.76. The van der Waals surface area contributed by atoms with Crippen molar-refractivity contribution < 1.29 is 19.6 Å². The Morgan fingerprint density at radius 1 is 1.17 bits per heavy atom. The first-order valence-corrected chi connectivity index (χ1v) is 7.68. The van der Waals surface area contributed by atoms with E-state index in [1.165, 1.54) is 0 Å². The molecule has 0 aliphatic heterocycles. The molecular weight excluding hydrogens is 295 g/mol. The van der Waals surface area contributed by atoms with E-state index in [9.17, 15) is 14.9 Å². The third-order valence-corrected chi connectivity index (χ3v) is 3.75. The van der Waals surface area contributed by atoms with Crippen LogP contribution < -0.4 is 16.1 Å². The number of aliphatic hydroxyl groups is 1. The van der Waals surface area contributed by atoms with Crippen molar-refractivity contribution in [3.05, 3.63) is 24.3 Å². The van der Waals surface area contributed by atoms with Crippen LogP contribution in [0.5, 0.6) is 0 Å². The predicted molar refractivity (Wildman–Crippen MR) is 92.8 cm³/mol. The van der Waals surface area contributed by atoms with Gasteiger partial charge in [-0.3, -0.25) is 0 Å². The summed E-state index contributed by atoms with van der Waals surface area (Å²) in [6.45, 7) is 10.4. The Labute approximate surface area is 138 Å². The quantitative estimate of drug-likeness (QED) is 0.597. The van der Waals surface area contributed by atoms with Crippen molar-refractivity contribution in [1.29, 1.82) is 0 Å². The highest BCUT2D eigenvalue weighted by Crippen LogP contribution is 2.25. The molecule has 0 aliphatic rings. The van der Waals surface area contributed by atoms with Crippen molar-refractivity contribution in [2.75, 3.05) is 5.32 Å². The van der Waals surface area contributed by atoms with Gasteiger partial charge >= 0.3 is 13.1 Å².